The zero-order valence-electron chi connectivity index (χ0n) is 6.51. The Morgan fingerprint density at radius 1 is 1.50 bits per heavy atom. The van der Waals surface area contributed by atoms with Gasteiger partial charge in [0, 0.05) is 6.04 Å². The van der Waals surface area contributed by atoms with Crippen LogP contribution in [0.2, 0.25) is 0 Å². The molecule has 5 N–H and O–H groups in total. The molecule has 1 unspecified atom stereocenters. The van der Waals surface area contributed by atoms with Crippen molar-refractivity contribution < 1.29 is 20.1 Å². The van der Waals surface area contributed by atoms with Gasteiger partial charge in [0.05, 0.1) is 6.42 Å². The van der Waals surface area contributed by atoms with Crippen LogP contribution >= 0.6 is 11.8 Å². The summed E-state index contributed by atoms with van der Waals surface area (Å²) in [6.07, 6.45) is 0.386. The number of aliphatic hydroxyl groups excluding tert-OH is 1. The Bertz CT molecular complexity index is 142. The third-order valence-corrected chi connectivity index (χ3v) is 1.96. The van der Waals surface area contributed by atoms with Gasteiger partial charge in [-0.2, -0.15) is 0 Å². The molecule has 1 atom stereocenters. The minimum atomic E-state index is -1.40. The number of carbonyl (C=O) groups is 1. The number of hydrogen-bond acceptors (Lipinski definition) is 5. The average molecular weight is 195 g/mol. The van der Waals surface area contributed by atoms with Crippen LogP contribution in [0.5, 0.6) is 0 Å². The van der Waals surface area contributed by atoms with E-state index < -0.39 is 17.6 Å². The topological polar surface area (TPSA) is 104 Å². The minimum absolute atomic E-state index is 0.0813. The van der Waals surface area contributed by atoms with Crippen LogP contribution in [-0.4, -0.2) is 38.7 Å². The Morgan fingerprint density at radius 3 is 2.50 bits per heavy atom. The van der Waals surface area contributed by atoms with E-state index in [0.717, 1.165) is 11.8 Å². The van der Waals surface area contributed by atoms with Crippen LogP contribution in [0.25, 0.3) is 0 Å². The molecule has 0 aromatic rings. The molecule has 5 nitrogen and oxygen atoms in total. The zero-order valence-corrected chi connectivity index (χ0v) is 7.33. The molecule has 12 heavy (non-hydrogen) atoms. The lowest BCUT2D eigenvalue weighted by molar-refractivity contribution is -0.137. The average Bonchev–Trinajstić information content (AvgIpc) is 1.84. The highest BCUT2D eigenvalue weighted by Crippen LogP contribution is 2.08. The Balaban J connectivity index is 3.31. The highest BCUT2D eigenvalue weighted by molar-refractivity contribution is 7.99. The fourth-order valence-corrected chi connectivity index (χ4v) is 1.30. The third-order valence-electron chi connectivity index (χ3n) is 1.19. The van der Waals surface area contributed by atoms with Crippen molar-refractivity contribution in [3.05, 3.63) is 0 Å². The Kier molecular flexibility index (Phi) is 6.09. The number of aliphatic hydroxyl groups is 2. The van der Waals surface area contributed by atoms with E-state index in [1.165, 1.54) is 0 Å². The van der Waals surface area contributed by atoms with Gasteiger partial charge in [0.15, 0.2) is 0 Å². The van der Waals surface area contributed by atoms with Crippen molar-refractivity contribution in [2.75, 3.05) is 5.75 Å². The summed E-state index contributed by atoms with van der Waals surface area (Å²) >= 11 is 0.925. The summed E-state index contributed by atoms with van der Waals surface area (Å²) in [6, 6.07) is -0.409. The molecule has 0 aliphatic heterocycles. The predicted octanol–water partition coefficient (Wildman–Crippen LogP) is -0.820. The molecule has 0 fully saturated rings. The first-order valence-corrected chi connectivity index (χ1v) is 4.52. The van der Waals surface area contributed by atoms with E-state index >= 15 is 0 Å². The third kappa shape index (κ3) is 7.80. The van der Waals surface area contributed by atoms with Gasteiger partial charge in [0.2, 0.25) is 5.62 Å². The maximum Gasteiger partial charge on any atom is 0.304 e. The first-order chi connectivity index (χ1) is 5.52. The summed E-state index contributed by atoms with van der Waals surface area (Å²) in [5, 5.41) is 25.1. The summed E-state index contributed by atoms with van der Waals surface area (Å²) in [5.74, 6) is -0.483. The van der Waals surface area contributed by atoms with Crippen LogP contribution in [0.1, 0.15) is 12.8 Å². The molecular formula is C6H13NO4S. The number of hydrogen-bond donors (Lipinski definition) is 4. The van der Waals surface area contributed by atoms with E-state index in [1.807, 2.05) is 0 Å². The van der Waals surface area contributed by atoms with Gasteiger partial charge in [-0.25, -0.2) is 0 Å². The van der Waals surface area contributed by atoms with Crippen LogP contribution in [0.15, 0.2) is 0 Å². The quantitative estimate of drug-likeness (QED) is 0.413. The first-order valence-electron chi connectivity index (χ1n) is 3.47. The Labute approximate surface area is 74.6 Å². The minimum Gasteiger partial charge on any atom is -0.481 e. The van der Waals surface area contributed by atoms with E-state index in [0.29, 0.717) is 12.2 Å². The van der Waals surface area contributed by atoms with Gasteiger partial charge in [-0.15, -0.1) is 11.8 Å². The number of carboxylic acids is 1. The predicted molar refractivity (Wildman–Crippen MR) is 45.5 cm³/mol. The maximum atomic E-state index is 10.1. The molecule has 0 bridgehead atoms. The lowest BCUT2D eigenvalue weighted by Gasteiger charge is -2.08. The molecule has 0 amide bonds. The first kappa shape index (κ1) is 11.7. The van der Waals surface area contributed by atoms with Gasteiger partial charge in [-0.05, 0) is 12.2 Å². The van der Waals surface area contributed by atoms with Crippen LogP contribution in [0.4, 0.5) is 0 Å². The van der Waals surface area contributed by atoms with Crippen LogP contribution in [-0.2, 0) is 4.79 Å². The standard InChI is InChI=1S/C6H13NO4S/c7-4(3-5(8)9)1-2-12-6(10)11/h4,6,10-11H,1-3,7H2,(H,8,9). The second-order valence-electron chi connectivity index (χ2n) is 2.34. The number of thioether (sulfide) groups is 1. The molecule has 0 spiro atoms. The summed E-state index contributed by atoms with van der Waals surface area (Å²) in [5.41, 5.74) is 4.00. The number of carboxylic acid groups (broad SMARTS) is 1. The monoisotopic (exact) mass is 195 g/mol. The van der Waals surface area contributed by atoms with Crippen molar-refractivity contribution in [1.82, 2.24) is 0 Å². The van der Waals surface area contributed by atoms with Crippen LogP contribution in [0.3, 0.4) is 0 Å². The van der Waals surface area contributed by atoms with E-state index in [2.05, 4.69) is 0 Å². The van der Waals surface area contributed by atoms with E-state index in [9.17, 15) is 4.79 Å². The molecule has 0 saturated heterocycles. The molecule has 0 aliphatic rings. The molecular weight excluding hydrogens is 182 g/mol. The van der Waals surface area contributed by atoms with Gasteiger partial charge >= 0.3 is 5.97 Å². The van der Waals surface area contributed by atoms with Gasteiger partial charge in [0.1, 0.15) is 0 Å². The fourth-order valence-electron chi connectivity index (χ4n) is 0.651. The molecule has 0 aromatic carbocycles. The number of rotatable bonds is 6. The molecule has 0 aromatic heterocycles. The Morgan fingerprint density at radius 2 is 2.08 bits per heavy atom. The highest BCUT2D eigenvalue weighted by Gasteiger charge is 2.08. The second kappa shape index (κ2) is 6.24. The fraction of sp³-hybridized carbons (Fsp3) is 0.833. The smallest absolute Gasteiger partial charge is 0.304 e. The molecule has 0 radical (unpaired) electrons. The van der Waals surface area contributed by atoms with E-state index in [1.54, 1.807) is 0 Å². The molecule has 0 heterocycles. The summed E-state index contributed by atoms with van der Waals surface area (Å²) in [7, 11) is 0. The zero-order chi connectivity index (χ0) is 9.56. The normalized spacial score (nSPS) is 13.3. The number of nitrogens with two attached hydrogens (primary N) is 1. The largest absolute Gasteiger partial charge is 0.481 e. The van der Waals surface area contributed by atoms with Gasteiger partial charge in [-0.3, -0.25) is 4.79 Å². The number of aliphatic carboxylic acids is 1. The van der Waals surface area contributed by atoms with Crippen molar-refractivity contribution in [2.24, 2.45) is 5.73 Å². The summed E-state index contributed by atoms with van der Waals surface area (Å²) < 4.78 is 0. The Hall–Kier alpha value is -0.300. The van der Waals surface area contributed by atoms with Gasteiger partial charge in [0.25, 0.3) is 0 Å². The van der Waals surface area contributed by atoms with Crippen molar-refractivity contribution in [1.29, 1.82) is 0 Å². The SMILES string of the molecule is NC(CCSC(O)O)CC(=O)O. The highest BCUT2D eigenvalue weighted by atomic mass is 32.2. The summed E-state index contributed by atoms with van der Waals surface area (Å²) in [4.78, 5) is 10.1. The van der Waals surface area contributed by atoms with Crippen molar-refractivity contribution in [3.63, 3.8) is 0 Å². The van der Waals surface area contributed by atoms with Crippen molar-refractivity contribution >= 4 is 17.7 Å². The molecule has 0 rings (SSSR count). The molecule has 0 aliphatic carbocycles. The van der Waals surface area contributed by atoms with E-state index in [-0.39, 0.29) is 6.42 Å². The molecule has 0 saturated carbocycles. The maximum absolute atomic E-state index is 10.1. The molecule has 72 valence electrons. The second-order valence-corrected chi connectivity index (χ2v) is 3.51. The van der Waals surface area contributed by atoms with Gasteiger partial charge in [-0.1, -0.05) is 0 Å². The van der Waals surface area contributed by atoms with Crippen LogP contribution < -0.4 is 5.73 Å². The lowest BCUT2D eigenvalue weighted by Crippen LogP contribution is -2.24. The lowest BCUT2D eigenvalue weighted by atomic mass is 10.2. The van der Waals surface area contributed by atoms with Crippen molar-refractivity contribution in [3.8, 4) is 0 Å². The summed E-state index contributed by atoms with van der Waals surface area (Å²) in [6.45, 7) is 0. The van der Waals surface area contributed by atoms with Crippen molar-refractivity contribution in [2.45, 2.75) is 24.5 Å². The van der Waals surface area contributed by atoms with Gasteiger partial charge < -0.3 is 21.1 Å². The van der Waals surface area contributed by atoms with E-state index in [4.69, 9.17) is 21.1 Å². The molecule has 6 heteroatoms. The van der Waals surface area contributed by atoms with Crippen LogP contribution in [0, 0.1) is 0 Å².